The summed E-state index contributed by atoms with van der Waals surface area (Å²) >= 11 is 5.58. The summed E-state index contributed by atoms with van der Waals surface area (Å²) < 4.78 is 0. The number of nitrogens with zero attached hydrogens (tertiary/aromatic N) is 2. The second-order valence-corrected chi connectivity index (χ2v) is 4.42. The van der Waals surface area contributed by atoms with Gasteiger partial charge in [0.25, 0.3) is 5.91 Å². The van der Waals surface area contributed by atoms with Crippen molar-refractivity contribution in [3.05, 3.63) is 23.2 Å². The Bertz CT molecular complexity index is 449. The van der Waals surface area contributed by atoms with E-state index in [1.165, 1.54) is 12.4 Å². The van der Waals surface area contributed by atoms with Crippen molar-refractivity contribution in [2.45, 2.75) is 25.3 Å². The maximum Gasteiger partial charge on any atom is 0.272 e. The van der Waals surface area contributed by atoms with Crippen LogP contribution in [0.2, 0.25) is 5.15 Å². The van der Waals surface area contributed by atoms with Crippen LogP contribution in [-0.4, -0.2) is 34.4 Å². The number of carbonyl (C=O) groups is 2. The smallest absolute Gasteiger partial charge is 0.272 e. The predicted molar refractivity (Wildman–Crippen MR) is 65.2 cm³/mol. The lowest BCUT2D eigenvalue weighted by Crippen LogP contribution is -2.45. The first-order valence-corrected chi connectivity index (χ1v) is 6.11. The first-order chi connectivity index (χ1) is 8.66. The fourth-order valence-corrected chi connectivity index (χ4v) is 1.84. The van der Waals surface area contributed by atoms with Gasteiger partial charge in [0.15, 0.2) is 0 Å². The highest BCUT2D eigenvalue weighted by atomic mass is 35.5. The normalized spacial score (nSPS) is 19.8. The minimum atomic E-state index is -0.502. The molecule has 2 N–H and O–H groups in total. The fourth-order valence-electron chi connectivity index (χ4n) is 1.74. The molecule has 18 heavy (non-hydrogen) atoms. The molecule has 1 aliphatic heterocycles. The van der Waals surface area contributed by atoms with Gasteiger partial charge in [0.05, 0.1) is 12.4 Å². The van der Waals surface area contributed by atoms with E-state index in [-0.39, 0.29) is 16.8 Å². The maximum absolute atomic E-state index is 11.8. The van der Waals surface area contributed by atoms with Crippen LogP contribution in [-0.2, 0) is 4.79 Å². The molecule has 0 spiro atoms. The quantitative estimate of drug-likeness (QED) is 0.819. The van der Waals surface area contributed by atoms with Crippen molar-refractivity contribution >= 4 is 23.4 Å². The van der Waals surface area contributed by atoms with Crippen molar-refractivity contribution in [2.24, 2.45) is 0 Å². The molecule has 2 rings (SSSR count). The molecule has 7 heteroatoms. The van der Waals surface area contributed by atoms with E-state index in [9.17, 15) is 9.59 Å². The average Bonchev–Trinajstić information content (AvgIpc) is 2.56. The van der Waals surface area contributed by atoms with E-state index in [2.05, 4.69) is 20.6 Å². The summed E-state index contributed by atoms with van der Waals surface area (Å²) in [7, 11) is 0. The fraction of sp³-hybridized carbons (Fsp3) is 0.455. The third-order valence-electron chi connectivity index (χ3n) is 2.69. The predicted octanol–water partition coefficient (Wildman–Crippen LogP) is 0.528. The van der Waals surface area contributed by atoms with Crippen molar-refractivity contribution in [1.82, 2.24) is 20.6 Å². The van der Waals surface area contributed by atoms with Crippen molar-refractivity contribution in [2.75, 3.05) is 6.54 Å². The molecule has 2 heterocycles. The van der Waals surface area contributed by atoms with Crippen LogP contribution in [0.3, 0.4) is 0 Å². The van der Waals surface area contributed by atoms with Gasteiger partial charge in [0, 0.05) is 6.54 Å². The van der Waals surface area contributed by atoms with Crippen LogP contribution in [0.1, 0.15) is 29.8 Å². The number of nitrogens with one attached hydrogen (secondary N) is 2. The maximum atomic E-state index is 11.8. The van der Waals surface area contributed by atoms with Gasteiger partial charge in [-0.25, -0.2) is 9.97 Å². The van der Waals surface area contributed by atoms with Gasteiger partial charge in [-0.1, -0.05) is 11.6 Å². The Hall–Kier alpha value is -1.69. The van der Waals surface area contributed by atoms with Gasteiger partial charge in [-0.2, -0.15) is 0 Å². The Morgan fingerprint density at radius 3 is 2.94 bits per heavy atom. The zero-order valence-electron chi connectivity index (χ0n) is 9.65. The molecule has 2 amide bonds. The van der Waals surface area contributed by atoms with Crippen LogP contribution < -0.4 is 10.6 Å². The van der Waals surface area contributed by atoms with Gasteiger partial charge < -0.3 is 10.6 Å². The SMILES string of the molecule is O=C(NC1CCCCNC1=O)c1cnc(Cl)cn1. The number of amides is 2. The van der Waals surface area contributed by atoms with E-state index < -0.39 is 11.9 Å². The van der Waals surface area contributed by atoms with Gasteiger partial charge >= 0.3 is 0 Å². The van der Waals surface area contributed by atoms with E-state index >= 15 is 0 Å². The molecule has 1 unspecified atom stereocenters. The molecule has 0 bridgehead atoms. The highest BCUT2D eigenvalue weighted by molar-refractivity contribution is 6.29. The number of hydrogen-bond donors (Lipinski definition) is 2. The van der Waals surface area contributed by atoms with Gasteiger partial charge in [-0.15, -0.1) is 0 Å². The first-order valence-electron chi connectivity index (χ1n) is 5.73. The summed E-state index contributed by atoms with van der Waals surface area (Å²) in [6.07, 6.45) is 5.04. The molecule has 0 aliphatic carbocycles. The van der Waals surface area contributed by atoms with E-state index in [1.807, 2.05) is 0 Å². The molecule has 1 aromatic rings. The Morgan fingerprint density at radius 2 is 2.22 bits per heavy atom. The van der Waals surface area contributed by atoms with Gasteiger partial charge in [-0.05, 0) is 19.3 Å². The van der Waals surface area contributed by atoms with Crippen molar-refractivity contribution in [3.8, 4) is 0 Å². The van der Waals surface area contributed by atoms with Crippen molar-refractivity contribution in [3.63, 3.8) is 0 Å². The molecule has 1 atom stereocenters. The first kappa shape index (κ1) is 12.8. The number of carbonyl (C=O) groups excluding carboxylic acids is 2. The monoisotopic (exact) mass is 268 g/mol. The van der Waals surface area contributed by atoms with Gasteiger partial charge in [0.2, 0.25) is 5.91 Å². The van der Waals surface area contributed by atoms with Crippen LogP contribution in [0.15, 0.2) is 12.4 Å². The molecule has 1 aliphatic rings. The Balaban J connectivity index is 2.01. The van der Waals surface area contributed by atoms with E-state index in [1.54, 1.807) is 0 Å². The highest BCUT2D eigenvalue weighted by Crippen LogP contribution is 2.07. The summed E-state index contributed by atoms with van der Waals surface area (Å²) in [6.45, 7) is 0.659. The number of rotatable bonds is 2. The lowest BCUT2D eigenvalue weighted by Gasteiger charge is -2.14. The molecule has 96 valence electrons. The van der Waals surface area contributed by atoms with Crippen LogP contribution in [0.5, 0.6) is 0 Å². The van der Waals surface area contributed by atoms with Gasteiger partial charge in [-0.3, -0.25) is 9.59 Å². The molecule has 0 radical (unpaired) electrons. The zero-order chi connectivity index (χ0) is 13.0. The zero-order valence-corrected chi connectivity index (χ0v) is 10.4. The molecule has 1 saturated heterocycles. The number of aromatic nitrogens is 2. The molecule has 0 aromatic carbocycles. The summed E-state index contributed by atoms with van der Waals surface area (Å²) in [5.74, 6) is -0.566. The molecule has 1 fully saturated rings. The molecule has 0 saturated carbocycles. The minimum absolute atomic E-state index is 0.149. The largest absolute Gasteiger partial charge is 0.354 e. The lowest BCUT2D eigenvalue weighted by atomic mass is 10.1. The second kappa shape index (κ2) is 5.77. The Kier molecular flexibility index (Phi) is 4.09. The summed E-state index contributed by atoms with van der Waals surface area (Å²) in [6, 6.07) is -0.502. The minimum Gasteiger partial charge on any atom is -0.354 e. The second-order valence-electron chi connectivity index (χ2n) is 4.04. The average molecular weight is 269 g/mol. The van der Waals surface area contributed by atoms with Crippen LogP contribution in [0.4, 0.5) is 0 Å². The summed E-state index contributed by atoms with van der Waals surface area (Å²) in [5.41, 5.74) is 0.149. The van der Waals surface area contributed by atoms with Crippen LogP contribution >= 0.6 is 11.6 Å². The number of halogens is 1. The van der Waals surface area contributed by atoms with Crippen molar-refractivity contribution in [1.29, 1.82) is 0 Å². The Labute approximate surface area is 109 Å². The highest BCUT2D eigenvalue weighted by Gasteiger charge is 2.23. The van der Waals surface area contributed by atoms with Gasteiger partial charge in [0.1, 0.15) is 16.9 Å². The Morgan fingerprint density at radius 1 is 1.39 bits per heavy atom. The lowest BCUT2D eigenvalue weighted by molar-refractivity contribution is -0.122. The number of hydrogen-bond acceptors (Lipinski definition) is 4. The molecule has 6 nitrogen and oxygen atoms in total. The third-order valence-corrected chi connectivity index (χ3v) is 2.89. The topological polar surface area (TPSA) is 84.0 Å². The van der Waals surface area contributed by atoms with E-state index in [0.717, 1.165) is 12.8 Å². The standard InChI is InChI=1S/C11H13ClN4O2/c12-9-6-14-8(5-15-9)11(18)16-7-3-1-2-4-13-10(7)17/h5-7H,1-4H2,(H,13,17)(H,16,18). The van der Waals surface area contributed by atoms with Crippen molar-refractivity contribution < 1.29 is 9.59 Å². The van der Waals surface area contributed by atoms with Crippen LogP contribution in [0, 0.1) is 0 Å². The molecular weight excluding hydrogens is 256 g/mol. The van der Waals surface area contributed by atoms with Crippen LogP contribution in [0.25, 0.3) is 0 Å². The van der Waals surface area contributed by atoms with E-state index in [0.29, 0.717) is 13.0 Å². The molecule has 1 aromatic heterocycles. The summed E-state index contributed by atoms with van der Waals surface area (Å²) in [4.78, 5) is 31.1. The third kappa shape index (κ3) is 3.16. The summed E-state index contributed by atoms with van der Waals surface area (Å²) in [5, 5.41) is 5.62. The van der Waals surface area contributed by atoms with E-state index in [4.69, 9.17) is 11.6 Å². The molecular formula is C11H13ClN4O2.